The van der Waals surface area contributed by atoms with Gasteiger partial charge in [0.2, 0.25) is 0 Å². The number of amides is 1. The fraction of sp³-hybridized carbons (Fsp3) is 0.167. The monoisotopic (exact) mass is 328 g/mol. The molecule has 1 amide bonds. The van der Waals surface area contributed by atoms with Crippen molar-refractivity contribution in [3.05, 3.63) is 64.7 Å². The zero-order valence-corrected chi connectivity index (χ0v) is 13.6. The van der Waals surface area contributed by atoms with Gasteiger partial charge in [0.25, 0.3) is 5.91 Å². The lowest BCUT2D eigenvalue weighted by atomic mass is 10.0. The van der Waals surface area contributed by atoms with Crippen molar-refractivity contribution in [2.75, 3.05) is 5.43 Å². The van der Waals surface area contributed by atoms with E-state index < -0.39 is 0 Å². The van der Waals surface area contributed by atoms with Gasteiger partial charge in [0.05, 0.1) is 5.69 Å². The van der Waals surface area contributed by atoms with Gasteiger partial charge in [0, 0.05) is 16.1 Å². The Hall–Kier alpha value is -2.46. The number of hydrogen-bond donors (Lipinski definition) is 2. The van der Waals surface area contributed by atoms with E-state index in [-0.39, 0.29) is 11.5 Å². The third kappa shape index (κ3) is 3.66. The summed E-state index contributed by atoms with van der Waals surface area (Å²) in [5, 5.41) is 0.600. The van der Waals surface area contributed by atoms with E-state index in [1.165, 1.54) is 0 Å². The summed E-state index contributed by atoms with van der Waals surface area (Å²) in [5.74, 6) is 0.544. The molecule has 0 atom stereocenters. The molecule has 0 spiro atoms. The van der Waals surface area contributed by atoms with Crippen LogP contribution >= 0.6 is 11.6 Å². The van der Waals surface area contributed by atoms with E-state index in [1.807, 2.05) is 38.1 Å². The maximum atomic E-state index is 12.2. The lowest BCUT2D eigenvalue weighted by Gasteiger charge is -2.27. The third-order valence-electron chi connectivity index (χ3n) is 3.45. The third-order valence-corrected chi connectivity index (χ3v) is 3.69. The number of carbonyl (C=O) groups is 1. The van der Waals surface area contributed by atoms with Crippen molar-refractivity contribution in [3.8, 4) is 5.75 Å². The van der Waals surface area contributed by atoms with E-state index in [1.54, 1.807) is 30.3 Å². The van der Waals surface area contributed by atoms with Crippen molar-refractivity contribution in [1.29, 1.82) is 0 Å². The minimum Gasteiger partial charge on any atom is -0.483 e. The van der Waals surface area contributed by atoms with Gasteiger partial charge in [-0.3, -0.25) is 15.6 Å². The van der Waals surface area contributed by atoms with Crippen LogP contribution in [0.4, 0.5) is 5.69 Å². The standard InChI is InChI=1S/C18H17ClN2O2/c1-18(2)9-8-12-10-13(6-7-16(12)23-18)17(22)21-20-15-5-3-4-14(19)11-15/h3-11,20H,1-2H3,(H,21,22). The van der Waals surface area contributed by atoms with Gasteiger partial charge in [-0.1, -0.05) is 23.7 Å². The first-order valence-corrected chi connectivity index (χ1v) is 7.65. The summed E-state index contributed by atoms with van der Waals surface area (Å²) in [5.41, 5.74) is 7.32. The number of hydrogen-bond acceptors (Lipinski definition) is 3. The van der Waals surface area contributed by atoms with Crippen LogP contribution in [0, 0.1) is 0 Å². The Labute approximate surface area is 140 Å². The Morgan fingerprint density at radius 1 is 1.17 bits per heavy atom. The van der Waals surface area contributed by atoms with Crippen LogP contribution in [0.15, 0.2) is 48.5 Å². The Bertz CT molecular complexity index is 784. The first kappa shape index (κ1) is 15.4. The Balaban J connectivity index is 1.71. The highest BCUT2D eigenvalue weighted by Gasteiger charge is 2.22. The molecule has 23 heavy (non-hydrogen) atoms. The quantitative estimate of drug-likeness (QED) is 0.827. The van der Waals surface area contributed by atoms with Crippen LogP contribution in [0.25, 0.3) is 6.08 Å². The molecule has 0 aliphatic carbocycles. The molecule has 0 aromatic heterocycles. The van der Waals surface area contributed by atoms with Gasteiger partial charge < -0.3 is 4.74 Å². The number of rotatable bonds is 3. The largest absolute Gasteiger partial charge is 0.483 e. The van der Waals surface area contributed by atoms with Crippen LogP contribution in [0.5, 0.6) is 5.75 Å². The van der Waals surface area contributed by atoms with Gasteiger partial charge in [-0.25, -0.2) is 0 Å². The van der Waals surface area contributed by atoms with Crippen molar-refractivity contribution in [2.24, 2.45) is 0 Å². The van der Waals surface area contributed by atoms with E-state index in [0.29, 0.717) is 16.3 Å². The average molecular weight is 329 g/mol. The molecule has 0 radical (unpaired) electrons. The maximum absolute atomic E-state index is 12.2. The summed E-state index contributed by atoms with van der Waals surface area (Å²) in [6, 6.07) is 12.5. The van der Waals surface area contributed by atoms with Crippen molar-refractivity contribution < 1.29 is 9.53 Å². The SMILES string of the molecule is CC1(C)C=Cc2cc(C(=O)NNc3cccc(Cl)c3)ccc2O1. The molecule has 2 aromatic carbocycles. The van der Waals surface area contributed by atoms with Crippen molar-refractivity contribution in [1.82, 2.24) is 5.43 Å². The minimum atomic E-state index is -0.328. The first-order chi connectivity index (χ1) is 10.9. The van der Waals surface area contributed by atoms with E-state index >= 15 is 0 Å². The molecule has 0 saturated carbocycles. The molecule has 1 heterocycles. The number of hydrazine groups is 1. The second kappa shape index (κ2) is 5.97. The number of nitrogens with one attached hydrogen (secondary N) is 2. The zero-order chi connectivity index (χ0) is 16.4. The van der Waals surface area contributed by atoms with Gasteiger partial charge in [0.1, 0.15) is 11.4 Å². The lowest BCUT2D eigenvalue weighted by Crippen LogP contribution is -2.30. The fourth-order valence-electron chi connectivity index (χ4n) is 2.29. The second-order valence-electron chi connectivity index (χ2n) is 5.88. The summed E-state index contributed by atoms with van der Waals surface area (Å²) in [6.45, 7) is 3.98. The number of ether oxygens (including phenoxy) is 1. The van der Waals surface area contributed by atoms with Crippen LogP contribution in [0.3, 0.4) is 0 Å². The first-order valence-electron chi connectivity index (χ1n) is 7.27. The van der Waals surface area contributed by atoms with E-state index in [2.05, 4.69) is 10.9 Å². The smallest absolute Gasteiger partial charge is 0.269 e. The molecule has 5 heteroatoms. The summed E-state index contributed by atoms with van der Waals surface area (Å²) in [6.07, 6.45) is 3.95. The fourth-order valence-corrected chi connectivity index (χ4v) is 2.48. The lowest BCUT2D eigenvalue weighted by molar-refractivity contribution is 0.0962. The Kier molecular flexibility index (Phi) is 4.01. The summed E-state index contributed by atoms with van der Waals surface area (Å²) < 4.78 is 5.85. The highest BCUT2D eigenvalue weighted by atomic mass is 35.5. The topological polar surface area (TPSA) is 50.4 Å². The molecule has 4 nitrogen and oxygen atoms in total. The van der Waals surface area contributed by atoms with Crippen LogP contribution in [-0.4, -0.2) is 11.5 Å². The molecule has 0 bridgehead atoms. The summed E-state index contributed by atoms with van der Waals surface area (Å²) >= 11 is 5.91. The number of halogens is 1. The van der Waals surface area contributed by atoms with Crippen molar-refractivity contribution in [3.63, 3.8) is 0 Å². The van der Waals surface area contributed by atoms with Crippen LogP contribution in [0.1, 0.15) is 29.8 Å². The summed E-state index contributed by atoms with van der Waals surface area (Å²) in [7, 11) is 0. The molecule has 3 rings (SSSR count). The molecule has 1 aliphatic heterocycles. The Morgan fingerprint density at radius 2 is 2.00 bits per heavy atom. The molecule has 2 N–H and O–H groups in total. The predicted molar refractivity (Wildman–Crippen MR) is 92.7 cm³/mol. The van der Waals surface area contributed by atoms with Gasteiger partial charge >= 0.3 is 0 Å². The maximum Gasteiger partial charge on any atom is 0.269 e. The molecule has 2 aromatic rings. The van der Waals surface area contributed by atoms with E-state index in [4.69, 9.17) is 16.3 Å². The van der Waals surface area contributed by atoms with Gasteiger partial charge in [0.15, 0.2) is 0 Å². The average Bonchev–Trinajstić information content (AvgIpc) is 2.51. The van der Waals surface area contributed by atoms with Gasteiger partial charge in [-0.05, 0) is 56.3 Å². The number of carbonyl (C=O) groups excluding carboxylic acids is 1. The molecular formula is C18H17ClN2O2. The van der Waals surface area contributed by atoms with E-state index in [9.17, 15) is 4.79 Å². The molecule has 118 valence electrons. The normalized spacial score (nSPS) is 14.6. The van der Waals surface area contributed by atoms with Crippen molar-refractivity contribution >= 4 is 29.3 Å². The van der Waals surface area contributed by atoms with Gasteiger partial charge in [-0.15, -0.1) is 0 Å². The highest BCUT2D eigenvalue weighted by Crippen LogP contribution is 2.31. The second-order valence-corrected chi connectivity index (χ2v) is 6.32. The van der Waals surface area contributed by atoms with Crippen LogP contribution in [-0.2, 0) is 0 Å². The van der Waals surface area contributed by atoms with Crippen LogP contribution in [0.2, 0.25) is 5.02 Å². The molecule has 0 fully saturated rings. The number of benzene rings is 2. The van der Waals surface area contributed by atoms with Gasteiger partial charge in [-0.2, -0.15) is 0 Å². The summed E-state index contributed by atoms with van der Waals surface area (Å²) in [4.78, 5) is 12.2. The molecule has 0 unspecified atom stereocenters. The Morgan fingerprint density at radius 3 is 2.78 bits per heavy atom. The molecular weight excluding hydrogens is 312 g/mol. The number of anilines is 1. The van der Waals surface area contributed by atoms with Crippen molar-refractivity contribution in [2.45, 2.75) is 19.4 Å². The van der Waals surface area contributed by atoms with E-state index in [0.717, 1.165) is 11.3 Å². The molecule has 0 saturated heterocycles. The predicted octanol–water partition coefficient (Wildman–Crippen LogP) is 4.28. The minimum absolute atomic E-state index is 0.231. The molecule has 1 aliphatic rings. The number of fused-ring (bicyclic) bond motifs is 1. The van der Waals surface area contributed by atoms with Crippen LogP contribution < -0.4 is 15.6 Å². The zero-order valence-electron chi connectivity index (χ0n) is 12.9. The highest BCUT2D eigenvalue weighted by molar-refractivity contribution is 6.30.